The molecular formula is C12H21N3O. The maximum absolute atomic E-state index is 11.3. The van der Waals surface area contributed by atoms with Gasteiger partial charge in [-0.2, -0.15) is 5.26 Å². The number of nitrogens with one attached hydrogen (secondary N) is 2. The summed E-state index contributed by atoms with van der Waals surface area (Å²) in [4.78, 5) is 11.3. The van der Waals surface area contributed by atoms with Crippen molar-refractivity contribution in [2.24, 2.45) is 0 Å². The van der Waals surface area contributed by atoms with Crippen molar-refractivity contribution in [3.8, 4) is 6.07 Å². The number of nitrogens with zero attached hydrogens (tertiary/aromatic N) is 1. The molecule has 16 heavy (non-hydrogen) atoms. The second-order valence-electron chi connectivity index (χ2n) is 4.37. The Hall–Kier alpha value is -1.08. The molecule has 4 heteroatoms. The average molecular weight is 223 g/mol. The van der Waals surface area contributed by atoms with Crippen molar-refractivity contribution in [3.05, 3.63) is 0 Å². The molecule has 90 valence electrons. The molecule has 1 aliphatic rings. The van der Waals surface area contributed by atoms with Gasteiger partial charge < -0.3 is 10.6 Å². The summed E-state index contributed by atoms with van der Waals surface area (Å²) in [6.45, 7) is 2.88. The fourth-order valence-corrected chi connectivity index (χ4v) is 1.55. The molecule has 1 amide bonds. The van der Waals surface area contributed by atoms with Crippen molar-refractivity contribution in [1.82, 2.24) is 10.6 Å². The lowest BCUT2D eigenvalue weighted by Gasteiger charge is -2.12. The Balaban J connectivity index is 1.97. The highest BCUT2D eigenvalue weighted by molar-refractivity contribution is 5.76. The number of hydrogen-bond donors (Lipinski definition) is 2. The van der Waals surface area contributed by atoms with E-state index in [0.29, 0.717) is 18.9 Å². The zero-order chi connectivity index (χ0) is 11.8. The summed E-state index contributed by atoms with van der Waals surface area (Å²) in [5.41, 5.74) is 0. The molecule has 1 saturated carbocycles. The molecule has 0 aromatic rings. The fourth-order valence-electron chi connectivity index (χ4n) is 1.55. The van der Waals surface area contributed by atoms with Crippen LogP contribution in [0.5, 0.6) is 0 Å². The molecule has 1 rings (SSSR count). The van der Waals surface area contributed by atoms with E-state index in [0.717, 1.165) is 32.2 Å². The first kappa shape index (κ1) is 13.0. The van der Waals surface area contributed by atoms with Gasteiger partial charge in [0.15, 0.2) is 0 Å². The summed E-state index contributed by atoms with van der Waals surface area (Å²) in [5.74, 6) is 0.164. The number of carbonyl (C=O) groups excluding carboxylic acids is 1. The van der Waals surface area contributed by atoms with Crippen LogP contribution in [0.25, 0.3) is 0 Å². The molecule has 0 saturated heterocycles. The van der Waals surface area contributed by atoms with E-state index in [1.165, 1.54) is 0 Å². The molecule has 4 nitrogen and oxygen atoms in total. The largest absolute Gasteiger partial charge is 0.353 e. The van der Waals surface area contributed by atoms with Gasteiger partial charge in [-0.25, -0.2) is 0 Å². The van der Waals surface area contributed by atoms with Crippen molar-refractivity contribution in [1.29, 1.82) is 5.26 Å². The van der Waals surface area contributed by atoms with Crippen molar-refractivity contribution in [3.63, 3.8) is 0 Å². The lowest BCUT2D eigenvalue weighted by molar-refractivity contribution is -0.121. The molecule has 2 N–H and O–H groups in total. The molecule has 0 aliphatic heterocycles. The van der Waals surface area contributed by atoms with Crippen LogP contribution in [0, 0.1) is 11.3 Å². The molecule has 0 spiro atoms. The molecular weight excluding hydrogens is 202 g/mol. The Kier molecular flexibility index (Phi) is 5.87. The lowest BCUT2D eigenvalue weighted by atomic mass is 10.1. The molecule has 0 heterocycles. The van der Waals surface area contributed by atoms with Crippen molar-refractivity contribution >= 4 is 5.91 Å². The third kappa shape index (κ3) is 5.72. The van der Waals surface area contributed by atoms with E-state index in [2.05, 4.69) is 23.6 Å². The predicted molar refractivity (Wildman–Crippen MR) is 62.7 cm³/mol. The second kappa shape index (κ2) is 7.24. The summed E-state index contributed by atoms with van der Waals surface area (Å²) in [6.07, 6.45) is 5.23. The van der Waals surface area contributed by atoms with E-state index in [1.807, 2.05) is 0 Å². The highest BCUT2D eigenvalue weighted by Gasteiger charge is 2.22. The third-order valence-corrected chi connectivity index (χ3v) is 2.79. The van der Waals surface area contributed by atoms with Gasteiger partial charge in [0.1, 0.15) is 0 Å². The molecule has 1 atom stereocenters. The first-order valence-electron chi connectivity index (χ1n) is 6.16. The van der Waals surface area contributed by atoms with Crippen LogP contribution < -0.4 is 10.6 Å². The third-order valence-electron chi connectivity index (χ3n) is 2.79. The minimum atomic E-state index is 0.164. The first-order valence-corrected chi connectivity index (χ1v) is 6.16. The smallest absolute Gasteiger partial charge is 0.220 e. The quantitative estimate of drug-likeness (QED) is 0.610. The van der Waals surface area contributed by atoms with Gasteiger partial charge in [-0.15, -0.1) is 0 Å². The van der Waals surface area contributed by atoms with Gasteiger partial charge in [-0.3, -0.25) is 4.79 Å². The zero-order valence-electron chi connectivity index (χ0n) is 9.96. The molecule has 0 bridgehead atoms. The second-order valence-corrected chi connectivity index (χ2v) is 4.37. The van der Waals surface area contributed by atoms with Crippen LogP contribution in [-0.4, -0.2) is 24.5 Å². The Morgan fingerprint density at radius 3 is 2.88 bits per heavy atom. The monoisotopic (exact) mass is 223 g/mol. The number of nitriles is 1. The van der Waals surface area contributed by atoms with Crippen LogP contribution in [0.4, 0.5) is 0 Å². The Morgan fingerprint density at radius 1 is 1.56 bits per heavy atom. The molecule has 1 fully saturated rings. The number of rotatable bonds is 8. The number of hydrogen-bond acceptors (Lipinski definition) is 3. The van der Waals surface area contributed by atoms with Gasteiger partial charge in [0.05, 0.1) is 12.5 Å². The minimum Gasteiger partial charge on any atom is -0.353 e. The van der Waals surface area contributed by atoms with Gasteiger partial charge in [0.2, 0.25) is 5.91 Å². The summed E-state index contributed by atoms with van der Waals surface area (Å²) in [5, 5.41) is 14.8. The van der Waals surface area contributed by atoms with Gasteiger partial charge in [-0.1, -0.05) is 6.92 Å². The van der Waals surface area contributed by atoms with Gasteiger partial charge >= 0.3 is 0 Å². The van der Waals surface area contributed by atoms with Crippen LogP contribution in [0.3, 0.4) is 0 Å². The Bertz CT molecular complexity index is 255. The minimum absolute atomic E-state index is 0.164. The van der Waals surface area contributed by atoms with Crippen molar-refractivity contribution < 1.29 is 4.79 Å². The van der Waals surface area contributed by atoms with Crippen LogP contribution in [-0.2, 0) is 4.79 Å². The van der Waals surface area contributed by atoms with Crippen LogP contribution in [0.15, 0.2) is 0 Å². The standard InChI is InChI=1S/C12H21N3O/c1-2-10(7-8-13)14-9-3-4-12(16)15-11-5-6-11/h10-11,14H,2-7,9H2,1H3,(H,15,16). The normalized spacial score (nSPS) is 16.5. The maximum atomic E-state index is 11.3. The van der Waals surface area contributed by atoms with E-state index in [9.17, 15) is 4.79 Å². The van der Waals surface area contributed by atoms with Crippen molar-refractivity contribution in [2.45, 2.75) is 57.5 Å². The molecule has 0 radical (unpaired) electrons. The Morgan fingerprint density at radius 2 is 2.31 bits per heavy atom. The average Bonchev–Trinajstić information content (AvgIpc) is 3.06. The van der Waals surface area contributed by atoms with Crippen molar-refractivity contribution in [2.75, 3.05) is 6.54 Å². The van der Waals surface area contributed by atoms with Crippen LogP contribution >= 0.6 is 0 Å². The van der Waals surface area contributed by atoms with Gasteiger partial charge in [0, 0.05) is 18.5 Å². The summed E-state index contributed by atoms with van der Waals surface area (Å²) in [6, 6.07) is 2.90. The molecule has 1 aliphatic carbocycles. The highest BCUT2D eigenvalue weighted by atomic mass is 16.1. The SMILES string of the molecule is CCC(CC#N)NCCCC(=O)NC1CC1. The van der Waals surface area contributed by atoms with Crippen LogP contribution in [0.2, 0.25) is 0 Å². The maximum Gasteiger partial charge on any atom is 0.220 e. The fraction of sp³-hybridized carbons (Fsp3) is 0.833. The highest BCUT2D eigenvalue weighted by Crippen LogP contribution is 2.18. The number of amides is 1. The van der Waals surface area contributed by atoms with E-state index in [4.69, 9.17) is 5.26 Å². The molecule has 1 unspecified atom stereocenters. The van der Waals surface area contributed by atoms with Gasteiger partial charge in [-0.05, 0) is 32.2 Å². The topological polar surface area (TPSA) is 64.9 Å². The Labute approximate surface area is 97.4 Å². The van der Waals surface area contributed by atoms with Crippen LogP contribution in [0.1, 0.15) is 45.4 Å². The summed E-state index contributed by atoms with van der Waals surface area (Å²) >= 11 is 0. The van der Waals surface area contributed by atoms with E-state index in [-0.39, 0.29) is 11.9 Å². The summed E-state index contributed by atoms with van der Waals surface area (Å²) < 4.78 is 0. The van der Waals surface area contributed by atoms with E-state index < -0.39 is 0 Å². The van der Waals surface area contributed by atoms with Gasteiger partial charge in [0.25, 0.3) is 0 Å². The summed E-state index contributed by atoms with van der Waals surface area (Å²) in [7, 11) is 0. The number of carbonyl (C=O) groups is 1. The predicted octanol–water partition coefficient (Wildman–Crippen LogP) is 1.33. The molecule has 0 aromatic carbocycles. The van der Waals surface area contributed by atoms with E-state index in [1.54, 1.807) is 0 Å². The van der Waals surface area contributed by atoms with E-state index >= 15 is 0 Å². The molecule has 0 aromatic heterocycles. The zero-order valence-corrected chi connectivity index (χ0v) is 9.96. The first-order chi connectivity index (χ1) is 7.76. The lowest BCUT2D eigenvalue weighted by Crippen LogP contribution is -2.30.